The molecule has 0 spiro atoms. The average Bonchev–Trinajstić information content (AvgIpc) is 2.69. The third kappa shape index (κ3) is 4.09. The summed E-state index contributed by atoms with van der Waals surface area (Å²) in [5.74, 6) is 0.490. The normalized spacial score (nSPS) is 21.8. The van der Waals surface area contributed by atoms with Crippen LogP contribution < -0.4 is 0 Å². The fraction of sp³-hybridized carbons (Fsp3) is 0.304. The van der Waals surface area contributed by atoms with E-state index in [1.807, 2.05) is 13.8 Å². The van der Waals surface area contributed by atoms with Crippen LogP contribution in [0.2, 0.25) is 0 Å². The zero-order valence-electron chi connectivity index (χ0n) is 16.7. The van der Waals surface area contributed by atoms with E-state index in [9.17, 15) is 8.42 Å². The number of fused-ring (bicyclic) bond motifs is 1. The Hall–Kier alpha value is -0.920. The Morgan fingerprint density at radius 3 is 2.13 bits per heavy atom. The van der Waals surface area contributed by atoms with E-state index in [4.69, 9.17) is 11.6 Å². The SMILES string of the molecule is CC(C)=C(Cl)C1=C2[C@H](C[C@H]2c2ccc(Br)cc2)CN(S(=O)(=O)c2ccc(Br)cc2)C1. The fourth-order valence-electron chi connectivity index (χ4n) is 4.32. The lowest BCUT2D eigenvalue weighted by atomic mass is 9.63. The second kappa shape index (κ2) is 8.55. The maximum absolute atomic E-state index is 13.3. The van der Waals surface area contributed by atoms with Gasteiger partial charge < -0.3 is 0 Å². The number of benzene rings is 2. The minimum absolute atomic E-state index is 0.195. The molecule has 0 amide bonds. The Morgan fingerprint density at radius 2 is 1.57 bits per heavy atom. The van der Waals surface area contributed by atoms with Crippen LogP contribution in [0.25, 0.3) is 0 Å². The van der Waals surface area contributed by atoms with Crippen molar-refractivity contribution in [3.8, 4) is 0 Å². The number of nitrogens with zero attached hydrogens (tertiary/aromatic N) is 1. The van der Waals surface area contributed by atoms with Crippen molar-refractivity contribution < 1.29 is 8.42 Å². The highest BCUT2D eigenvalue weighted by molar-refractivity contribution is 9.10. The first-order chi connectivity index (χ1) is 14.2. The van der Waals surface area contributed by atoms with E-state index in [2.05, 4.69) is 56.1 Å². The molecule has 0 N–H and O–H groups in total. The number of rotatable bonds is 4. The second-order valence-electron chi connectivity index (χ2n) is 8.04. The van der Waals surface area contributed by atoms with Gasteiger partial charge in [-0.3, -0.25) is 0 Å². The first kappa shape index (κ1) is 22.3. The lowest BCUT2D eigenvalue weighted by Gasteiger charge is -2.47. The van der Waals surface area contributed by atoms with Crippen molar-refractivity contribution in [3.05, 3.63) is 84.8 Å². The summed E-state index contributed by atoms with van der Waals surface area (Å²) in [6.07, 6.45) is 0.930. The summed E-state index contributed by atoms with van der Waals surface area (Å²) in [5.41, 5.74) is 4.52. The third-order valence-electron chi connectivity index (χ3n) is 5.87. The molecule has 3 nitrogen and oxygen atoms in total. The summed E-state index contributed by atoms with van der Waals surface area (Å²) in [6.45, 7) is 4.75. The van der Waals surface area contributed by atoms with Gasteiger partial charge in [-0.1, -0.05) is 66.7 Å². The van der Waals surface area contributed by atoms with E-state index in [1.165, 1.54) is 11.1 Å². The molecule has 4 rings (SSSR count). The third-order valence-corrected chi connectivity index (χ3v) is 9.36. The summed E-state index contributed by atoms with van der Waals surface area (Å²) >= 11 is 13.6. The highest BCUT2D eigenvalue weighted by atomic mass is 79.9. The van der Waals surface area contributed by atoms with Crippen LogP contribution in [0.3, 0.4) is 0 Å². The van der Waals surface area contributed by atoms with Crippen molar-refractivity contribution >= 4 is 53.5 Å². The van der Waals surface area contributed by atoms with Crippen molar-refractivity contribution in [2.45, 2.75) is 31.1 Å². The Kier molecular flexibility index (Phi) is 6.35. The molecule has 1 aliphatic heterocycles. The van der Waals surface area contributed by atoms with Gasteiger partial charge in [-0.15, -0.1) is 0 Å². The molecule has 1 fully saturated rings. The zero-order valence-corrected chi connectivity index (χ0v) is 21.4. The van der Waals surface area contributed by atoms with Crippen LogP contribution in [0.5, 0.6) is 0 Å². The highest BCUT2D eigenvalue weighted by Crippen LogP contribution is 2.53. The van der Waals surface area contributed by atoms with Crippen LogP contribution in [0.15, 0.2) is 84.1 Å². The van der Waals surface area contributed by atoms with E-state index in [0.29, 0.717) is 28.9 Å². The van der Waals surface area contributed by atoms with E-state index >= 15 is 0 Å². The van der Waals surface area contributed by atoms with Gasteiger partial charge in [0, 0.05) is 33.0 Å². The summed E-state index contributed by atoms with van der Waals surface area (Å²) in [6, 6.07) is 15.2. The number of sulfonamides is 1. The van der Waals surface area contributed by atoms with Crippen LogP contribution in [0, 0.1) is 5.92 Å². The molecule has 0 radical (unpaired) electrons. The largest absolute Gasteiger partial charge is 0.243 e. The number of hydrogen-bond acceptors (Lipinski definition) is 2. The first-order valence-corrected chi connectivity index (χ1v) is 13.2. The molecule has 2 aromatic rings. The van der Waals surface area contributed by atoms with Crippen molar-refractivity contribution in [2.75, 3.05) is 13.1 Å². The molecular weight excluding hydrogens is 550 g/mol. The molecule has 1 heterocycles. The molecule has 7 heteroatoms. The quantitative estimate of drug-likeness (QED) is 0.403. The molecule has 30 heavy (non-hydrogen) atoms. The number of allylic oxidation sites excluding steroid dienone is 1. The van der Waals surface area contributed by atoms with Gasteiger partial charge in [-0.05, 0) is 73.7 Å². The zero-order chi connectivity index (χ0) is 21.6. The minimum Gasteiger partial charge on any atom is -0.207 e. The predicted molar refractivity (Wildman–Crippen MR) is 129 cm³/mol. The van der Waals surface area contributed by atoms with Crippen molar-refractivity contribution in [2.24, 2.45) is 5.92 Å². The molecule has 2 atom stereocenters. The smallest absolute Gasteiger partial charge is 0.207 e. The van der Waals surface area contributed by atoms with Gasteiger partial charge >= 0.3 is 0 Å². The molecule has 2 aromatic carbocycles. The summed E-state index contributed by atoms with van der Waals surface area (Å²) in [7, 11) is -3.59. The van der Waals surface area contributed by atoms with Gasteiger partial charge in [0.2, 0.25) is 10.0 Å². The van der Waals surface area contributed by atoms with Crippen LogP contribution >= 0.6 is 43.5 Å². The van der Waals surface area contributed by atoms with E-state index in [0.717, 1.165) is 26.5 Å². The summed E-state index contributed by atoms with van der Waals surface area (Å²) in [5, 5.41) is 0.688. The van der Waals surface area contributed by atoms with E-state index in [1.54, 1.807) is 28.6 Å². The molecule has 2 aliphatic rings. The van der Waals surface area contributed by atoms with Crippen LogP contribution in [-0.4, -0.2) is 25.8 Å². The van der Waals surface area contributed by atoms with Crippen LogP contribution in [-0.2, 0) is 10.0 Å². The monoisotopic (exact) mass is 569 g/mol. The van der Waals surface area contributed by atoms with E-state index < -0.39 is 10.0 Å². The lowest BCUT2D eigenvalue weighted by Crippen LogP contribution is -2.47. The average molecular weight is 572 g/mol. The molecule has 0 unspecified atom stereocenters. The van der Waals surface area contributed by atoms with Gasteiger partial charge in [0.15, 0.2) is 0 Å². The standard InChI is InChI=1S/C23H22Br2ClNO2S/c1-14(2)23(26)21-13-27(30(28,29)19-9-7-18(25)8-10-19)12-16-11-20(22(16)21)15-3-5-17(24)6-4-15/h3-10,16,20H,11-13H2,1-2H3/t16-,20+/m1/s1. The van der Waals surface area contributed by atoms with Crippen molar-refractivity contribution in [3.63, 3.8) is 0 Å². The first-order valence-electron chi connectivity index (χ1n) is 9.76. The van der Waals surface area contributed by atoms with Gasteiger partial charge in [-0.25, -0.2) is 8.42 Å². The molecule has 0 bridgehead atoms. The lowest BCUT2D eigenvalue weighted by molar-refractivity contribution is 0.275. The van der Waals surface area contributed by atoms with E-state index in [-0.39, 0.29) is 5.92 Å². The highest BCUT2D eigenvalue weighted by Gasteiger charge is 2.45. The van der Waals surface area contributed by atoms with Crippen LogP contribution in [0.4, 0.5) is 0 Å². The molecule has 1 aliphatic carbocycles. The Labute approximate surface area is 200 Å². The van der Waals surface area contributed by atoms with Gasteiger partial charge in [0.1, 0.15) is 0 Å². The van der Waals surface area contributed by atoms with Crippen LogP contribution in [0.1, 0.15) is 31.7 Å². The molecular formula is C23H22Br2ClNO2S. The Morgan fingerprint density at radius 1 is 1.00 bits per heavy atom. The topological polar surface area (TPSA) is 37.4 Å². The van der Waals surface area contributed by atoms with Crippen molar-refractivity contribution in [1.29, 1.82) is 0 Å². The fourth-order valence-corrected chi connectivity index (χ4v) is 6.47. The number of halogens is 3. The Balaban J connectivity index is 1.73. The maximum Gasteiger partial charge on any atom is 0.243 e. The molecule has 1 saturated carbocycles. The predicted octanol–water partition coefficient (Wildman–Crippen LogP) is 6.85. The minimum atomic E-state index is -3.59. The van der Waals surface area contributed by atoms with Gasteiger partial charge in [0.25, 0.3) is 0 Å². The van der Waals surface area contributed by atoms with Gasteiger partial charge in [0.05, 0.1) is 4.90 Å². The summed E-state index contributed by atoms with van der Waals surface area (Å²) in [4.78, 5) is 0.311. The summed E-state index contributed by atoms with van der Waals surface area (Å²) < 4.78 is 30.1. The van der Waals surface area contributed by atoms with Crippen molar-refractivity contribution in [1.82, 2.24) is 4.31 Å². The molecule has 158 valence electrons. The van der Waals surface area contributed by atoms with Gasteiger partial charge in [-0.2, -0.15) is 4.31 Å². The Bertz CT molecular complexity index is 1130. The molecule has 0 saturated heterocycles. The second-order valence-corrected chi connectivity index (χ2v) is 12.2. The number of hydrogen-bond donors (Lipinski definition) is 0. The maximum atomic E-state index is 13.3. The molecule has 0 aromatic heterocycles.